The number of carbonyl (C=O) groups excluding carboxylic acids is 1. The molecule has 2 atom stereocenters. The van der Waals surface area contributed by atoms with E-state index in [9.17, 15) is 9.18 Å². The Morgan fingerprint density at radius 3 is 2.71 bits per heavy atom. The second kappa shape index (κ2) is 10.1. The van der Waals surface area contributed by atoms with Gasteiger partial charge >= 0.3 is 0 Å². The predicted molar refractivity (Wildman–Crippen MR) is 118 cm³/mol. The lowest BCUT2D eigenvalue weighted by Gasteiger charge is -2.16. The summed E-state index contributed by atoms with van der Waals surface area (Å²) in [6.07, 6.45) is 2.09. The molecule has 0 saturated carbocycles. The van der Waals surface area contributed by atoms with E-state index >= 15 is 0 Å². The average Bonchev–Trinajstić information content (AvgIpc) is 3.44. The first kappa shape index (κ1) is 21.5. The van der Waals surface area contributed by atoms with Crippen molar-refractivity contribution in [2.75, 3.05) is 12.4 Å². The Morgan fingerprint density at radius 1 is 1.23 bits per heavy atom. The van der Waals surface area contributed by atoms with Gasteiger partial charge in [0.05, 0.1) is 24.4 Å². The monoisotopic (exact) mass is 440 g/mol. The molecule has 2 aromatic carbocycles. The molecule has 1 fully saturated rings. The quantitative estimate of drug-likeness (QED) is 0.531. The smallest absolute Gasteiger partial charge is 0.230 e. The van der Waals surface area contributed by atoms with Crippen molar-refractivity contribution in [2.24, 2.45) is 0 Å². The number of halogens is 1. The summed E-state index contributed by atoms with van der Waals surface area (Å²) in [5.74, 6) is 0.504. The van der Waals surface area contributed by atoms with E-state index in [1.807, 2.05) is 41.8 Å². The maximum atomic E-state index is 13.4. The van der Waals surface area contributed by atoms with Crippen molar-refractivity contribution in [2.45, 2.75) is 43.6 Å². The van der Waals surface area contributed by atoms with Gasteiger partial charge in [-0.15, -0.1) is 10.2 Å². The fourth-order valence-electron chi connectivity index (χ4n) is 3.60. The van der Waals surface area contributed by atoms with Crippen molar-refractivity contribution in [3.05, 3.63) is 66.0 Å². The molecule has 0 spiro atoms. The minimum absolute atomic E-state index is 0.0728. The van der Waals surface area contributed by atoms with Gasteiger partial charge in [0.15, 0.2) is 11.0 Å². The molecule has 1 aliphatic rings. The van der Waals surface area contributed by atoms with Crippen LogP contribution in [0, 0.1) is 5.82 Å². The number of aromatic nitrogens is 3. The molecular formula is C23H25FN4O2S. The van der Waals surface area contributed by atoms with Crippen molar-refractivity contribution in [1.29, 1.82) is 0 Å². The Labute approximate surface area is 185 Å². The van der Waals surface area contributed by atoms with Crippen LogP contribution in [0.2, 0.25) is 0 Å². The van der Waals surface area contributed by atoms with Crippen LogP contribution in [-0.2, 0) is 16.1 Å². The van der Waals surface area contributed by atoms with E-state index in [4.69, 9.17) is 4.74 Å². The van der Waals surface area contributed by atoms with Crippen LogP contribution < -0.4 is 5.32 Å². The summed E-state index contributed by atoms with van der Waals surface area (Å²) >= 11 is 1.34. The lowest BCUT2D eigenvalue weighted by atomic mass is 10.1. The SMILES string of the molecule is CC(NC(=O)CSc1nnc(-c2ccc(F)cc2)n1CC1CCCO1)c1ccccc1. The van der Waals surface area contributed by atoms with Gasteiger partial charge in [-0.05, 0) is 49.6 Å². The molecule has 1 amide bonds. The summed E-state index contributed by atoms with van der Waals surface area (Å²) in [5.41, 5.74) is 1.84. The zero-order valence-electron chi connectivity index (χ0n) is 17.3. The first-order chi connectivity index (χ1) is 15.1. The number of nitrogens with one attached hydrogen (secondary N) is 1. The van der Waals surface area contributed by atoms with Crippen LogP contribution in [0.3, 0.4) is 0 Å². The highest BCUT2D eigenvalue weighted by Gasteiger charge is 2.22. The zero-order chi connectivity index (χ0) is 21.6. The Kier molecular flexibility index (Phi) is 6.99. The first-order valence-corrected chi connectivity index (χ1v) is 11.4. The van der Waals surface area contributed by atoms with Crippen molar-refractivity contribution < 1.29 is 13.9 Å². The molecule has 2 heterocycles. The summed E-state index contributed by atoms with van der Waals surface area (Å²) < 4.78 is 21.1. The van der Waals surface area contributed by atoms with Crippen LogP contribution in [-0.4, -0.2) is 39.1 Å². The van der Waals surface area contributed by atoms with Gasteiger partial charge in [-0.1, -0.05) is 42.1 Å². The minimum Gasteiger partial charge on any atom is -0.376 e. The number of ether oxygens (including phenoxy) is 1. The maximum absolute atomic E-state index is 13.4. The second-order valence-corrected chi connectivity index (χ2v) is 8.49. The molecule has 1 saturated heterocycles. The molecule has 8 heteroatoms. The van der Waals surface area contributed by atoms with E-state index in [2.05, 4.69) is 15.5 Å². The fraction of sp³-hybridized carbons (Fsp3) is 0.348. The Bertz CT molecular complexity index is 1000. The molecule has 162 valence electrons. The number of rotatable bonds is 8. The molecule has 3 aromatic rings. The largest absolute Gasteiger partial charge is 0.376 e. The number of hydrogen-bond donors (Lipinski definition) is 1. The van der Waals surface area contributed by atoms with E-state index in [1.165, 1.54) is 23.9 Å². The van der Waals surface area contributed by atoms with Crippen LogP contribution >= 0.6 is 11.8 Å². The number of thioether (sulfide) groups is 1. The van der Waals surface area contributed by atoms with Crippen molar-refractivity contribution in [3.63, 3.8) is 0 Å². The lowest BCUT2D eigenvalue weighted by molar-refractivity contribution is -0.119. The molecule has 6 nitrogen and oxygen atoms in total. The maximum Gasteiger partial charge on any atom is 0.230 e. The molecule has 0 aliphatic carbocycles. The lowest BCUT2D eigenvalue weighted by Crippen LogP contribution is -2.28. The van der Waals surface area contributed by atoms with Gasteiger partial charge in [0, 0.05) is 12.2 Å². The third-order valence-electron chi connectivity index (χ3n) is 5.24. The predicted octanol–water partition coefficient (Wildman–Crippen LogP) is 4.23. The highest BCUT2D eigenvalue weighted by Crippen LogP contribution is 2.27. The van der Waals surface area contributed by atoms with Crippen molar-refractivity contribution in [3.8, 4) is 11.4 Å². The van der Waals surface area contributed by atoms with Crippen LogP contribution in [0.15, 0.2) is 59.8 Å². The van der Waals surface area contributed by atoms with Gasteiger partial charge in [-0.25, -0.2) is 4.39 Å². The van der Waals surface area contributed by atoms with E-state index in [-0.39, 0.29) is 29.6 Å². The summed E-state index contributed by atoms with van der Waals surface area (Å²) in [7, 11) is 0. The Hall–Kier alpha value is -2.71. The van der Waals surface area contributed by atoms with Gasteiger partial charge in [0.25, 0.3) is 0 Å². The third kappa shape index (κ3) is 5.51. The molecule has 0 bridgehead atoms. The molecule has 1 aromatic heterocycles. The highest BCUT2D eigenvalue weighted by atomic mass is 32.2. The van der Waals surface area contributed by atoms with Crippen molar-refractivity contribution in [1.82, 2.24) is 20.1 Å². The fourth-order valence-corrected chi connectivity index (χ4v) is 4.36. The van der Waals surface area contributed by atoms with Gasteiger partial charge in [0.2, 0.25) is 5.91 Å². The summed E-state index contributed by atoms with van der Waals surface area (Å²) in [5, 5.41) is 12.3. The number of hydrogen-bond acceptors (Lipinski definition) is 5. The van der Waals surface area contributed by atoms with Crippen LogP contribution in [0.25, 0.3) is 11.4 Å². The summed E-state index contributed by atoms with van der Waals surface area (Å²) in [6.45, 7) is 3.31. The normalized spacial score (nSPS) is 16.9. The van der Waals surface area contributed by atoms with E-state index in [0.29, 0.717) is 17.5 Å². The number of amides is 1. The average molecular weight is 441 g/mol. The molecule has 31 heavy (non-hydrogen) atoms. The van der Waals surface area contributed by atoms with Crippen molar-refractivity contribution >= 4 is 17.7 Å². The summed E-state index contributed by atoms with van der Waals surface area (Å²) in [4.78, 5) is 12.5. The third-order valence-corrected chi connectivity index (χ3v) is 6.21. The molecule has 2 unspecified atom stereocenters. The number of nitrogens with zero attached hydrogens (tertiary/aromatic N) is 3. The molecule has 4 rings (SSSR count). The summed E-state index contributed by atoms with van der Waals surface area (Å²) in [6, 6.07) is 16.0. The van der Waals surface area contributed by atoms with Gasteiger partial charge in [-0.2, -0.15) is 0 Å². The van der Waals surface area contributed by atoms with Gasteiger partial charge in [0.1, 0.15) is 5.82 Å². The molecule has 1 aliphatic heterocycles. The number of benzene rings is 2. The zero-order valence-corrected chi connectivity index (χ0v) is 18.1. The number of carbonyl (C=O) groups is 1. The Morgan fingerprint density at radius 2 is 2.00 bits per heavy atom. The van der Waals surface area contributed by atoms with Gasteiger partial charge in [-0.3, -0.25) is 9.36 Å². The topological polar surface area (TPSA) is 69.0 Å². The highest BCUT2D eigenvalue weighted by molar-refractivity contribution is 7.99. The molecular weight excluding hydrogens is 415 g/mol. The first-order valence-electron chi connectivity index (χ1n) is 10.4. The Balaban J connectivity index is 1.46. The van der Waals surface area contributed by atoms with Crippen LogP contribution in [0.5, 0.6) is 0 Å². The molecule has 0 radical (unpaired) electrons. The minimum atomic E-state index is -0.298. The standard InChI is InChI=1S/C23H25FN4O2S/c1-16(17-6-3-2-4-7-17)25-21(29)15-31-23-27-26-22(18-9-11-19(24)12-10-18)28(23)14-20-8-5-13-30-20/h2-4,6-7,9-12,16,20H,5,8,13-15H2,1H3,(H,25,29). The second-order valence-electron chi connectivity index (χ2n) is 7.55. The molecule has 1 N–H and O–H groups in total. The van der Waals surface area contributed by atoms with Gasteiger partial charge < -0.3 is 10.1 Å². The van der Waals surface area contributed by atoms with E-state index in [0.717, 1.165) is 30.6 Å². The van der Waals surface area contributed by atoms with Crippen LogP contribution in [0.4, 0.5) is 4.39 Å². The van der Waals surface area contributed by atoms with E-state index in [1.54, 1.807) is 12.1 Å². The van der Waals surface area contributed by atoms with E-state index < -0.39 is 0 Å². The van der Waals surface area contributed by atoms with Crippen LogP contribution in [0.1, 0.15) is 31.4 Å².